The van der Waals surface area contributed by atoms with Gasteiger partial charge in [-0.1, -0.05) is 0 Å². The molecule has 0 aromatic heterocycles. The summed E-state index contributed by atoms with van der Waals surface area (Å²) in [5.41, 5.74) is 0. The quantitative estimate of drug-likeness (QED) is 0.813. The van der Waals surface area contributed by atoms with Crippen molar-refractivity contribution < 1.29 is 9.53 Å². The Morgan fingerprint density at radius 3 is 2.84 bits per heavy atom. The lowest BCUT2D eigenvalue weighted by molar-refractivity contribution is -0.122. The zero-order valence-corrected chi connectivity index (χ0v) is 12.5. The maximum Gasteiger partial charge on any atom is 0.220 e. The number of halogens is 1. The first-order chi connectivity index (χ1) is 8.84. The standard InChI is InChI=1S/C14H26N2O2.ClH/c17-14(7-6-13-5-1-2-9-18-13)16-11-12-4-3-8-15-10-12;/h12-13,15H,1-11H2,(H,16,17);1H. The second-order valence-electron chi connectivity index (χ2n) is 5.54. The van der Waals surface area contributed by atoms with Gasteiger partial charge in [-0.3, -0.25) is 4.79 Å². The highest BCUT2D eigenvalue weighted by Crippen LogP contribution is 2.16. The predicted octanol–water partition coefficient (Wildman–Crippen LogP) is 1.87. The third-order valence-corrected chi connectivity index (χ3v) is 3.95. The lowest BCUT2D eigenvalue weighted by Crippen LogP contribution is -2.38. The van der Waals surface area contributed by atoms with Crippen molar-refractivity contribution >= 4 is 18.3 Å². The number of ether oxygens (including phenoxy) is 1. The van der Waals surface area contributed by atoms with Gasteiger partial charge in [0.05, 0.1) is 6.10 Å². The molecule has 2 aliphatic rings. The third kappa shape index (κ3) is 6.59. The first-order valence-corrected chi connectivity index (χ1v) is 7.43. The van der Waals surface area contributed by atoms with Crippen LogP contribution in [0.5, 0.6) is 0 Å². The summed E-state index contributed by atoms with van der Waals surface area (Å²) in [6.45, 7) is 3.88. The molecule has 2 heterocycles. The van der Waals surface area contributed by atoms with Gasteiger partial charge in [-0.15, -0.1) is 12.4 Å². The van der Waals surface area contributed by atoms with Gasteiger partial charge in [0.15, 0.2) is 0 Å². The molecule has 1 amide bonds. The van der Waals surface area contributed by atoms with Gasteiger partial charge >= 0.3 is 0 Å². The Morgan fingerprint density at radius 1 is 1.26 bits per heavy atom. The Hall–Kier alpha value is -0.320. The van der Waals surface area contributed by atoms with Crippen LogP contribution in [0.2, 0.25) is 0 Å². The molecule has 2 unspecified atom stereocenters. The molecule has 19 heavy (non-hydrogen) atoms. The van der Waals surface area contributed by atoms with Crippen molar-refractivity contribution in [2.24, 2.45) is 5.92 Å². The molecular weight excluding hydrogens is 264 g/mol. The molecule has 0 bridgehead atoms. The van der Waals surface area contributed by atoms with Crippen LogP contribution in [0.3, 0.4) is 0 Å². The lowest BCUT2D eigenvalue weighted by Gasteiger charge is -2.24. The van der Waals surface area contributed by atoms with E-state index in [1.54, 1.807) is 0 Å². The minimum absolute atomic E-state index is 0. The second-order valence-corrected chi connectivity index (χ2v) is 5.54. The van der Waals surface area contributed by atoms with Gasteiger partial charge in [-0.05, 0) is 57.5 Å². The van der Waals surface area contributed by atoms with E-state index >= 15 is 0 Å². The summed E-state index contributed by atoms with van der Waals surface area (Å²) < 4.78 is 5.63. The van der Waals surface area contributed by atoms with Crippen LogP contribution in [-0.2, 0) is 9.53 Å². The molecular formula is C14H27ClN2O2. The zero-order chi connectivity index (χ0) is 12.6. The molecule has 2 aliphatic heterocycles. The van der Waals surface area contributed by atoms with E-state index in [4.69, 9.17) is 4.74 Å². The van der Waals surface area contributed by atoms with E-state index in [1.165, 1.54) is 25.7 Å². The third-order valence-electron chi connectivity index (χ3n) is 3.95. The summed E-state index contributed by atoms with van der Waals surface area (Å²) in [6, 6.07) is 0. The molecule has 0 aliphatic carbocycles. The molecule has 0 radical (unpaired) electrons. The van der Waals surface area contributed by atoms with Gasteiger partial charge in [-0.2, -0.15) is 0 Å². The topological polar surface area (TPSA) is 50.4 Å². The number of hydrogen-bond donors (Lipinski definition) is 2. The largest absolute Gasteiger partial charge is 0.378 e. The first-order valence-electron chi connectivity index (χ1n) is 7.43. The number of carbonyl (C=O) groups is 1. The van der Waals surface area contributed by atoms with Crippen LogP contribution in [0, 0.1) is 5.92 Å². The molecule has 112 valence electrons. The van der Waals surface area contributed by atoms with Gasteiger partial charge in [0.25, 0.3) is 0 Å². The summed E-state index contributed by atoms with van der Waals surface area (Å²) in [5, 5.41) is 6.43. The summed E-state index contributed by atoms with van der Waals surface area (Å²) >= 11 is 0. The van der Waals surface area contributed by atoms with Gasteiger partial charge in [0.2, 0.25) is 5.91 Å². The summed E-state index contributed by atoms with van der Waals surface area (Å²) in [4.78, 5) is 11.7. The highest BCUT2D eigenvalue weighted by molar-refractivity contribution is 5.85. The monoisotopic (exact) mass is 290 g/mol. The highest BCUT2D eigenvalue weighted by Gasteiger charge is 2.17. The van der Waals surface area contributed by atoms with Crippen molar-refractivity contribution in [3.63, 3.8) is 0 Å². The van der Waals surface area contributed by atoms with Crippen LogP contribution in [0.15, 0.2) is 0 Å². The average molecular weight is 291 g/mol. The predicted molar refractivity (Wildman–Crippen MR) is 78.7 cm³/mol. The minimum Gasteiger partial charge on any atom is -0.378 e. The number of nitrogens with one attached hydrogen (secondary N) is 2. The van der Waals surface area contributed by atoms with Crippen LogP contribution in [0.25, 0.3) is 0 Å². The summed E-state index contributed by atoms with van der Waals surface area (Å²) in [7, 11) is 0. The molecule has 2 rings (SSSR count). The molecule has 4 nitrogen and oxygen atoms in total. The molecule has 2 fully saturated rings. The van der Waals surface area contributed by atoms with E-state index in [9.17, 15) is 4.79 Å². The van der Waals surface area contributed by atoms with Gasteiger partial charge in [0, 0.05) is 19.6 Å². The Bertz CT molecular complexity index is 228. The molecule has 0 saturated carbocycles. The van der Waals surface area contributed by atoms with E-state index in [0.29, 0.717) is 18.4 Å². The van der Waals surface area contributed by atoms with Crippen molar-refractivity contribution in [2.75, 3.05) is 26.2 Å². The molecule has 2 N–H and O–H groups in total. The maximum atomic E-state index is 11.7. The molecule has 2 atom stereocenters. The van der Waals surface area contributed by atoms with Crippen LogP contribution in [-0.4, -0.2) is 38.3 Å². The smallest absolute Gasteiger partial charge is 0.220 e. The SMILES string of the molecule is Cl.O=C(CCC1CCCCO1)NCC1CCCNC1. The van der Waals surface area contributed by atoms with Gasteiger partial charge in [0.1, 0.15) is 0 Å². The summed E-state index contributed by atoms with van der Waals surface area (Å²) in [5.74, 6) is 0.809. The summed E-state index contributed by atoms with van der Waals surface area (Å²) in [6.07, 6.45) is 7.84. The van der Waals surface area contributed by atoms with Crippen molar-refractivity contribution in [1.29, 1.82) is 0 Å². The van der Waals surface area contributed by atoms with Crippen LogP contribution in [0.1, 0.15) is 44.9 Å². The number of amides is 1. The fourth-order valence-electron chi connectivity index (χ4n) is 2.77. The number of hydrogen-bond acceptors (Lipinski definition) is 3. The van der Waals surface area contributed by atoms with E-state index in [0.717, 1.165) is 39.1 Å². The fourth-order valence-corrected chi connectivity index (χ4v) is 2.77. The second kappa shape index (κ2) is 9.56. The Labute approximate surface area is 122 Å². The first kappa shape index (κ1) is 16.7. The molecule has 5 heteroatoms. The number of piperidine rings is 1. The molecule has 2 saturated heterocycles. The van der Waals surface area contributed by atoms with Crippen LogP contribution < -0.4 is 10.6 Å². The normalized spacial score (nSPS) is 27.4. The Balaban J connectivity index is 0.00000180. The van der Waals surface area contributed by atoms with Gasteiger partial charge < -0.3 is 15.4 Å². The van der Waals surface area contributed by atoms with Crippen molar-refractivity contribution in [2.45, 2.75) is 51.0 Å². The van der Waals surface area contributed by atoms with Crippen molar-refractivity contribution in [1.82, 2.24) is 10.6 Å². The van der Waals surface area contributed by atoms with Gasteiger partial charge in [-0.25, -0.2) is 0 Å². The van der Waals surface area contributed by atoms with E-state index in [1.807, 2.05) is 0 Å². The highest BCUT2D eigenvalue weighted by atomic mass is 35.5. The average Bonchev–Trinajstić information content (AvgIpc) is 2.45. The lowest BCUT2D eigenvalue weighted by atomic mass is 9.99. The van der Waals surface area contributed by atoms with E-state index < -0.39 is 0 Å². The number of carbonyl (C=O) groups excluding carboxylic acids is 1. The maximum absolute atomic E-state index is 11.7. The number of rotatable bonds is 5. The van der Waals surface area contributed by atoms with E-state index in [2.05, 4.69) is 10.6 Å². The Morgan fingerprint density at radius 2 is 2.16 bits per heavy atom. The molecule has 0 aromatic carbocycles. The minimum atomic E-state index is 0. The van der Waals surface area contributed by atoms with Crippen LogP contribution >= 0.6 is 12.4 Å². The van der Waals surface area contributed by atoms with Crippen molar-refractivity contribution in [3.8, 4) is 0 Å². The van der Waals surface area contributed by atoms with Crippen LogP contribution in [0.4, 0.5) is 0 Å². The zero-order valence-electron chi connectivity index (χ0n) is 11.7. The molecule has 0 aromatic rings. The van der Waals surface area contributed by atoms with E-state index in [-0.39, 0.29) is 18.3 Å². The fraction of sp³-hybridized carbons (Fsp3) is 0.929. The Kier molecular flexibility index (Phi) is 8.42. The molecule has 0 spiro atoms. The van der Waals surface area contributed by atoms with Crippen molar-refractivity contribution in [3.05, 3.63) is 0 Å².